The number of hydrogen-bond donors (Lipinski definition) is 3. The molecule has 1 aromatic rings. The van der Waals surface area contributed by atoms with Crippen LogP contribution < -0.4 is 0 Å². The van der Waals surface area contributed by atoms with Crippen LogP contribution >= 0.6 is 7.94 Å². The van der Waals surface area contributed by atoms with Crippen molar-refractivity contribution in [1.82, 2.24) is 0 Å². The molecular formula is C17H32O4P+. The molecule has 4 nitrogen and oxygen atoms in total. The van der Waals surface area contributed by atoms with Gasteiger partial charge in [-0.3, -0.25) is 0 Å². The molecule has 0 aliphatic carbocycles. The van der Waals surface area contributed by atoms with E-state index in [-0.39, 0.29) is 10.8 Å². The second-order valence-corrected chi connectivity index (χ2v) is 9.38. The second-order valence-electron chi connectivity index (χ2n) is 7.45. The van der Waals surface area contributed by atoms with Crippen molar-refractivity contribution >= 4 is 7.94 Å². The Morgan fingerprint density at radius 2 is 1.32 bits per heavy atom. The monoisotopic (exact) mass is 331 g/mol. The first-order valence-electron chi connectivity index (χ1n) is 7.49. The Bertz CT molecular complexity index is 433. The van der Waals surface area contributed by atoms with E-state index in [4.69, 9.17) is 9.79 Å². The lowest BCUT2D eigenvalue weighted by atomic mass is 9.80. The van der Waals surface area contributed by atoms with Crippen molar-refractivity contribution in [3.8, 4) is 5.75 Å². The van der Waals surface area contributed by atoms with Crippen LogP contribution in [-0.4, -0.2) is 28.2 Å². The number of hydrogen-bond acceptors (Lipinski definition) is 4. The van der Waals surface area contributed by atoms with Crippen molar-refractivity contribution in [3.05, 3.63) is 29.3 Å². The summed E-state index contributed by atoms with van der Waals surface area (Å²) in [6.07, 6.45) is 0. The van der Waals surface area contributed by atoms with Gasteiger partial charge in [0.25, 0.3) is 0 Å². The molecule has 0 aromatic heterocycles. The van der Waals surface area contributed by atoms with Crippen molar-refractivity contribution < 1.29 is 19.4 Å². The van der Waals surface area contributed by atoms with E-state index in [1.54, 1.807) is 6.92 Å². The van der Waals surface area contributed by atoms with E-state index in [0.717, 1.165) is 11.1 Å². The smallest absolute Gasteiger partial charge is 0.403 e. The van der Waals surface area contributed by atoms with E-state index in [1.165, 1.54) is 6.66 Å². The van der Waals surface area contributed by atoms with Crippen LogP contribution in [0.25, 0.3) is 0 Å². The molecule has 0 heterocycles. The maximum Gasteiger partial charge on any atom is 0.403 e. The quantitative estimate of drug-likeness (QED) is 0.703. The average molecular weight is 331 g/mol. The highest BCUT2D eigenvalue weighted by Gasteiger charge is 2.25. The molecule has 1 aromatic carbocycles. The molecule has 0 saturated carbocycles. The Hall–Kier alpha value is -0.670. The van der Waals surface area contributed by atoms with Gasteiger partial charge >= 0.3 is 7.94 Å². The minimum atomic E-state index is -2.92. The third-order valence-corrected chi connectivity index (χ3v) is 3.77. The van der Waals surface area contributed by atoms with Crippen LogP contribution in [0.5, 0.6) is 5.75 Å². The predicted molar refractivity (Wildman–Crippen MR) is 94.4 cm³/mol. The number of phenolic OH excluding ortho intramolecular Hbond substituents is 1. The summed E-state index contributed by atoms with van der Waals surface area (Å²) in [5.41, 5.74) is 2.03. The number of benzene rings is 1. The molecule has 0 amide bonds. The zero-order valence-electron chi connectivity index (χ0n) is 15.1. The Morgan fingerprint density at radius 3 is 1.50 bits per heavy atom. The van der Waals surface area contributed by atoms with Gasteiger partial charge in [0.15, 0.2) is 0 Å². The summed E-state index contributed by atoms with van der Waals surface area (Å²) in [6.45, 7) is 16.1. The zero-order chi connectivity index (χ0) is 17.8. The van der Waals surface area contributed by atoms with Gasteiger partial charge in [0.2, 0.25) is 0 Å². The molecule has 0 radical (unpaired) electrons. The second kappa shape index (κ2) is 7.74. The maximum atomic E-state index is 10.3. The Kier molecular flexibility index (Phi) is 7.50. The maximum absolute atomic E-state index is 10.3. The molecule has 0 fully saturated rings. The fourth-order valence-corrected chi connectivity index (χ4v) is 2.49. The highest BCUT2D eigenvalue weighted by molar-refractivity contribution is 7.58. The highest BCUT2D eigenvalue weighted by atomic mass is 31.2. The Morgan fingerprint density at radius 1 is 0.955 bits per heavy atom. The zero-order valence-corrected chi connectivity index (χ0v) is 16.0. The molecule has 0 unspecified atom stereocenters. The van der Waals surface area contributed by atoms with Crippen LogP contribution in [0.4, 0.5) is 0 Å². The molecule has 128 valence electrons. The van der Waals surface area contributed by atoms with Gasteiger partial charge in [-0.15, -0.1) is 0 Å². The standard InChI is InChI=1S/C14H22O.C3H10O3P/c1-13(2,3)10-8-7-9-11(12(10)15)14(4,5)6;1-3-6-7(2,4)5/h7-9,15H,1-6H3;4-5H,3H2,1-2H3/q;+1. The van der Waals surface area contributed by atoms with Crippen LogP contribution in [0.2, 0.25) is 0 Å². The normalized spacial score (nSPS) is 12.6. The molecule has 0 bridgehead atoms. The van der Waals surface area contributed by atoms with Crippen LogP contribution in [0.1, 0.15) is 59.6 Å². The molecule has 3 N–H and O–H groups in total. The van der Waals surface area contributed by atoms with Gasteiger partial charge in [-0.2, -0.15) is 14.3 Å². The molecular weight excluding hydrogens is 299 g/mol. The summed E-state index contributed by atoms with van der Waals surface area (Å²) in [7, 11) is -2.92. The third kappa shape index (κ3) is 7.55. The number of rotatable bonds is 2. The summed E-state index contributed by atoms with van der Waals surface area (Å²) < 4.78 is 4.45. The van der Waals surface area contributed by atoms with Crippen molar-refractivity contribution in [2.75, 3.05) is 13.3 Å². The van der Waals surface area contributed by atoms with Crippen molar-refractivity contribution in [2.45, 2.75) is 59.3 Å². The van der Waals surface area contributed by atoms with Gasteiger partial charge in [-0.05, 0) is 28.9 Å². The molecule has 5 heteroatoms. The van der Waals surface area contributed by atoms with Gasteiger partial charge in [0.05, 0.1) is 6.61 Å². The fourth-order valence-electron chi connectivity index (χ4n) is 2.00. The fraction of sp³-hybridized carbons (Fsp3) is 0.647. The van der Waals surface area contributed by atoms with Crippen LogP contribution in [-0.2, 0) is 15.4 Å². The third-order valence-electron chi connectivity index (χ3n) is 3.03. The first-order chi connectivity index (χ1) is 9.70. The number of aromatic hydroxyl groups is 1. The van der Waals surface area contributed by atoms with Crippen LogP contribution in [0.3, 0.4) is 0 Å². The van der Waals surface area contributed by atoms with E-state index in [9.17, 15) is 5.11 Å². The Balaban J connectivity index is 0.000000534. The van der Waals surface area contributed by atoms with Gasteiger partial charge in [-0.1, -0.05) is 59.7 Å². The first-order valence-corrected chi connectivity index (χ1v) is 9.55. The minimum absolute atomic E-state index is 0.00859. The Labute approximate surface area is 135 Å². The summed E-state index contributed by atoms with van der Waals surface area (Å²) >= 11 is 0. The molecule has 22 heavy (non-hydrogen) atoms. The highest BCUT2D eigenvalue weighted by Crippen LogP contribution is 2.45. The van der Waals surface area contributed by atoms with Crippen LogP contribution in [0, 0.1) is 0 Å². The van der Waals surface area contributed by atoms with Crippen molar-refractivity contribution in [3.63, 3.8) is 0 Å². The molecule has 0 saturated heterocycles. The SMILES string of the molecule is CC(C)(C)c1cccc(C(C)(C)C)c1O.CCO[P+](C)(O)O. The summed E-state index contributed by atoms with van der Waals surface area (Å²) in [5, 5.41) is 10.3. The van der Waals surface area contributed by atoms with Gasteiger partial charge < -0.3 is 5.11 Å². The number of para-hydroxylation sites is 1. The van der Waals surface area contributed by atoms with Gasteiger partial charge in [0.1, 0.15) is 12.4 Å². The van der Waals surface area contributed by atoms with E-state index in [1.807, 2.05) is 18.2 Å². The molecule has 0 aliphatic heterocycles. The van der Waals surface area contributed by atoms with E-state index >= 15 is 0 Å². The lowest BCUT2D eigenvalue weighted by molar-refractivity contribution is 0.247. The van der Waals surface area contributed by atoms with E-state index in [0.29, 0.717) is 12.4 Å². The van der Waals surface area contributed by atoms with E-state index < -0.39 is 7.94 Å². The van der Waals surface area contributed by atoms with Gasteiger partial charge in [-0.25, -0.2) is 0 Å². The first kappa shape index (κ1) is 21.3. The lowest BCUT2D eigenvalue weighted by Crippen LogP contribution is -2.16. The minimum Gasteiger partial charge on any atom is -0.507 e. The number of phenols is 1. The topological polar surface area (TPSA) is 69.9 Å². The predicted octanol–water partition coefficient (Wildman–Crippen LogP) is 4.39. The average Bonchev–Trinajstić information content (AvgIpc) is 2.25. The molecule has 0 atom stereocenters. The van der Waals surface area contributed by atoms with Crippen molar-refractivity contribution in [2.24, 2.45) is 0 Å². The van der Waals surface area contributed by atoms with Gasteiger partial charge in [0, 0.05) is 0 Å². The largest absolute Gasteiger partial charge is 0.507 e. The molecule has 0 spiro atoms. The van der Waals surface area contributed by atoms with Crippen LogP contribution in [0.15, 0.2) is 18.2 Å². The molecule has 1 rings (SSSR count). The van der Waals surface area contributed by atoms with Crippen molar-refractivity contribution in [1.29, 1.82) is 0 Å². The van der Waals surface area contributed by atoms with E-state index in [2.05, 4.69) is 46.1 Å². The summed E-state index contributed by atoms with van der Waals surface area (Å²) in [4.78, 5) is 16.9. The summed E-state index contributed by atoms with van der Waals surface area (Å²) in [6, 6.07) is 6.04. The molecule has 0 aliphatic rings. The lowest BCUT2D eigenvalue weighted by Gasteiger charge is -2.26. The summed E-state index contributed by atoms with van der Waals surface area (Å²) in [5.74, 6) is 0.456.